The molecule has 1 aliphatic carbocycles. The van der Waals surface area contributed by atoms with Crippen LogP contribution >= 0.6 is 0 Å². The first-order chi connectivity index (χ1) is 10.0. The van der Waals surface area contributed by atoms with Gasteiger partial charge in [-0.2, -0.15) is 0 Å². The summed E-state index contributed by atoms with van der Waals surface area (Å²) in [6, 6.07) is 8.42. The van der Waals surface area contributed by atoms with E-state index in [0.717, 1.165) is 41.0 Å². The van der Waals surface area contributed by atoms with Gasteiger partial charge in [-0.05, 0) is 62.1 Å². The van der Waals surface area contributed by atoms with Gasteiger partial charge in [-0.1, -0.05) is 6.07 Å². The molecule has 1 aromatic heterocycles. The molecule has 0 spiro atoms. The van der Waals surface area contributed by atoms with Crippen molar-refractivity contribution >= 4 is 11.6 Å². The van der Waals surface area contributed by atoms with Crippen LogP contribution in [0, 0.1) is 19.7 Å². The molecule has 0 saturated carbocycles. The third-order valence-electron chi connectivity index (χ3n) is 3.98. The van der Waals surface area contributed by atoms with Crippen molar-refractivity contribution in [3.05, 3.63) is 58.7 Å². The molecule has 1 unspecified atom stereocenters. The standard InChI is InChI=1S/C17H17FN2O/c1-10-3-8-16(11(2)19-10)20-17(21)15-6-4-12-9-13(18)5-7-14(12)15/h3,5,7-9,15H,4,6H2,1-2H3,(H,20,21). The molecule has 108 valence electrons. The number of halogens is 1. The van der Waals surface area contributed by atoms with Gasteiger partial charge in [0.05, 0.1) is 17.3 Å². The summed E-state index contributed by atoms with van der Waals surface area (Å²) in [5.74, 6) is -0.496. The molecule has 1 heterocycles. The lowest BCUT2D eigenvalue weighted by Gasteiger charge is -2.14. The van der Waals surface area contributed by atoms with Crippen molar-refractivity contribution < 1.29 is 9.18 Å². The molecule has 1 amide bonds. The number of nitrogens with one attached hydrogen (secondary N) is 1. The van der Waals surface area contributed by atoms with E-state index < -0.39 is 0 Å². The molecule has 3 rings (SSSR count). The van der Waals surface area contributed by atoms with Crippen LogP contribution in [0.1, 0.15) is 34.9 Å². The number of carbonyl (C=O) groups excluding carboxylic acids is 1. The zero-order valence-electron chi connectivity index (χ0n) is 12.1. The van der Waals surface area contributed by atoms with Gasteiger partial charge in [0.25, 0.3) is 0 Å². The summed E-state index contributed by atoms with van der Waals surface area (Å²) in [7, 11) is 0. The highest BCUT2D eigenvalue weighted by Gasteiger charge is 2.29. The Morgan fingerprint density at radius 2 is 2.10 bits per heavy atom. The summed E-state index contributed by atoms with van der Waals surface area (Å²) < 4.78 is 13.2. The summed E-state index contributed by atoms with van der Waals surface area (Å²) in [6.07, 6.45) is 1.47. The van der Waals surface area contributed by atoms with Crippen molar-refractivity contribution in [2.45, 2.75) is 32.6 Å². The molecule has 0 aliphatic heterocycles. The number of rotatable bonds is 2. The van der Waals surface area contributed by atoms with Crippen LogP contribution in [0.5, 0.6) is 0 Å². The van der Waals surface area contributed by atoms with Gasteiger partial charge in [-0.3, -0.25) is 9.78 Å². The van der Waals surface area contributed by atoms with Crippen molar-refractivity contribution in [3.63, 3.8) is 0 Å². The predicted octanol–water partition coefficient (Wildman–Crippen LogP) is 3.51. The number of carbonyl (C=O) groups is 1. The minimum atomic E-state index is -0.242. The molecule has 3 nitrogen and oxygen atoms in total. The van der Waals surface area contributed by atoms with Crippen LogP contribution in [0.2, 0.25) is 0 Å². The topological polar surface area (TPSA) is 42.0 Å². The fraction of sp³-hybridized carbons (Fsp3) is 0.294. The maximum Gasteiger partial charge on any atom is 0.231 e. The van der Waals surface area contributed by atoms with E-state index in [1.54, 1.807) is 6.07 Å². The van der Waals surface area contributed by atoms with E-state index in [-0.39, 0.29) is 17.6 Å². The lowest BCUT2D eigenvalue weighted by molar-refractivity contribution is -0.117. The number of fused-ring (bicyclic) bond motifs is 1. The fourth-order valence-corrected chi connectivity index (χ4v) is 2.90. The van der Waals surface area contributed by atoms with Crippen molar-refractivity contribution in [2.24, 2.45) is 0 Å². The fourth-order valence-electron chi connectivity index (χ4n) is 2.90. The average Bonchev–Trinajstić information content (AvgIpc) is 2.84. The van der Waals surface area contributed by atoms with E-state index in [1.807, 2.05) is 26.0 Å². The number of aryl methyl sites for hydroxylation is 3. The average molecular weight is 284 g/mol. The monoisotopic (exact) mass is 284 g/mol. The van der Waals surface area contributed by atoms with Crippen LogP contribution in [-0.4, -0.2) is 10.9 Å². The molecular formula is C17H17FN2O. The summed E-state index contributed by atoms with van der Waals surface area (Å²) in [6.45, 7) is 3.79. The van der Waals surface area contributed by atoms with Crippen LogP contribution in [0.3, 0.4) is 0 Å². The van der Waals surface area contributed by atoms with E-state index in [2.05, 4.69) is 10.3 Å². The van der Waals surface area contributed by atoms with E-state index in [1.165, 1.54) is 12.1 Å². The van der Waals surface area contributed by atoms with Crippen LogP contribution in [0.25, 0.3) is 0 Å². The molecule has 1 aliphatic rings. The van der Waals surface area contributed by atoms with Crippen molar-refractivity contribution in [3.8, 4) is 0 Å². The van der Waals surface area contributed by atoms with E-state index in [9.17, 15) is 9.18 Å². The Labute approximate surface area is 123 Å². The number of hydrogen-bond acceptors (Lipinski definition) is 2. The van der Waals surface area contributed by atoms with Crippen molar-refractivity contribution in [1.82, 2.24) is 4.98 Å². The number of aromatic nitrogens is 1. The lowest BCUT2D eigenvalue weighted by atomic mass is 10.0. The zero-order chi connectivity index (χ0) is 15.0. The largest absolute Gasteiger partial charge is 0.324 e. The highest BCUT2D eigenvalue weighted by molar-refractivity contribution is 5.97. The van der Waals surface area contributed by atoms with Gasteiger partial charge >= 0.3 is 0 Å². The van der Waals surface area contributed by atoms with Gasteiger partial charge in [-0.15, -0.1) is 0 Å². The van der Waals surface area contributed by atoms with Gasteiger partial charge < -0.3 is 5.32 Å². The maximum absolute atomic E-state index is 13.2. The molecule has 21 heavy (non-hydrogen) atoms. The minimum Gasteiger partial charge on any atom is -0.324 e. The number of anilines is 1. The van der Waals surface area contributed by atoms with E-state index in [4.69, 9.17) is 0 Å². The summed E-state index contributed by atoms with van der Waals surface area (Å²) in [5, 5.41) is 2.94. The Hall–Kier alpha value is -2.23. The Bertz CT molecular complexity index is 712. The van der Waals surface area contributed by atoms with Crippen LogP contribution in [-0.2, 0) is 11.2 Å². The summed E-state index contributed by atoms with van der Waals surface area (Å²) >= 11 is 0. The number of amides is 1. The highest BCUT2D eigenvalue weighted by Crippen LogP contribution is 2.34. The van der Waals surface area contributed by atoms with E-state index >= 15 is 0 Å². The van der Waals surface area contributed by atoms with Gasteiger partial charge in [0.2, 0.25) is 5.91 Å². The molecule has 0 saturated heterocycles. The Kier molecular flexibility index (Phi) is 3.45. The number of hydrogen-bond donors (Lipinski definition) is 1. The van der Waals surface area contributed by atoms with Crippen LogP contribution in [0.4, 0.5) is 10.1 Å². The van der Waals surface area contributed by atoms with Crippen LogP contribution < -0.4 is 5.32 Å². The van der Waals surface area contributed by atoms with Gasteiger partial charge in [0, 0.05) is 5.69 Å². The third-order valence-corrected chi connectivity index (χ3v) is 3.98. The minimum absolute atomic E-state index is 0.0471. The first kappa shape index (κ1) is 13.7. The molecule has 1 aromatic carbocycles. The van der Waals surface area contributed by atoms with Gasteiger partial charge in [-0.25, -0.2) is 4.39 Å². The zero-order valence-corrected chi connectivity index (χ0v) is 12.1. The van der Waals surface area contributed by atoms with Gasteiger partial charge in [0.15, 0.2) is 0 Å². The first-order valence-corrected chi connectivity index (χ1v) is 7.08. The summed E-state index contributed by atoms with van der Waals surface area (Å²) in [4.78, 5) is 16.8. The second-order valence-corrected chi connectivity index (χ2v) is 5.51. The third kappa shape index (κ3) is 2.66. The molecule has 0 fully saturated rings. The van der Waals surface area contributed by atoms with Gasteiger partial charge in [0.1, 0.15) is 5.82 Å². The second-order valence-electron chi connectivity index (χ2n) is 5.51. The molecule has 1 atom stereocenters. The van der Waals surface area contributed by atoms with Crippen molar-refractivity contribution in [2.75, 3.05) is 5.32 Å². The lowest BCUT2D eigenvalue weighted by Crippen LogP contribution is -2.20. The SMILES string of the molecule is Cc1ccc(NC(=O)C2CCc3cc(F)ccc32)c(C)n1. The number of benzene rings is 1. The molecule has 4 heteroatoms. The maximum atomic E-state index is 13.2. The molecule has 0 radical (unpaired) electrons. The molecule has 1 N–H and O–H groups in total. The normalized spacial score (nSPS) is 16.6. The Morgan fingerprint density at radius 1 is 1.29 bits per heavy atom. The molecule has 2 aromatic rings. The van der Waals surface area contributed by atoms with Crippen molar-refractivity contribution in [1.29, 1.82) is 0 Å². The summed E-state index contributed by atoms with van der Waals surface area (Å²) in [5.41, 5.74) is 4.34. The highest BCUT2D eigenvalue weighted by atomic mass is 19.1. The second kappa shape index (κ2) is 5.28. The number of pyridine rings is 1. The number of nitrogens with zero attached hydrogens (tertiary/aromatic N) is 1. The quantitative estimate of drug-likeness (QED) is 0.917. The molecular weight excluding hydrogens is 267 g/mol. The molecule has 0 bridgehead atoms. The van der Waals surface area contributed by atoms with Crippen LogP contribution in [0.15, 0.2) is 30.3 Å². The Balaban J connectivity index is 1.81. The smallest absolute Gasteiger partial charge is 0.231 e. The Morgan fingerprint density at radius 3 is 2.86 bits per heavy atom. The predicted molar refractivity (Wildman–Crippen MR) is 79.8 cm³/mol. The first-order valence-electron chi connectivity index (χ1n) is 7.08. The van der Waals surface area contributed by atoms with E-state index in [0.29, 0.717) is 0 Å².